The lowest BCUT2D eigenvalue weighted by Crippen LogP contribution is -2.08. The van der Waals surface area contributed by atoms with Crippen LogP contribution in [0.15, 0.2) is 6.07 Å². The lowest BCUT2D eigenvalue weighted by Gasteiger charge is -2.12. The maximum absolute atomic E-state index is 13.7. The van der Waals surface area contributed by atoms with Crippen LogP contribution in [-0.2, 0) is 0 Å². The Morgan fingerprint density at radius 3 is 1.85 bits per heavy atom. The summed E-state index contributed by atoms with van der Waals surface area (Å²) in [6.45, 7) is 1.67. The fraction of sp³-hybridized carbons (Fsp3) is 0.167. The van der Waals surface area contributed by atoms with Gasteiger partial charge in [0.15, 0.2) is 23.3 Å². The second-order valence-electron chi connectivity index (χ2n) is 3.95. The van der Waals surface area contributed by atoms with Crippen LogP contribution < -0.4 is 0 Å². The van der Waals surface area contributed by atoms with Gasteiger partial charge in [-0.1, -0.05) is 27.5 Å². The van der Waals surface area contributed by atoms with Crippen molar-refractivity contribution in [3.05, 3.63) is 55.5 Å². The first kappa shape index (κ1) is 15.7. The van der Waals surface area contributed by atoms with E-state index in [-0.39, 0.29) is 0 Å². The Morgan fingerprint density at radius 2 is 1.45 bits per heavy atom. The number of thiophene rings is 1. The van der Waals surface area contributed by atoms with Crippen molar-refractivity contribution < 1.29 is 22.0 Å². The minimum absolute atomic E-state index is 0.343. The molecular weight excluding hydrogens is 387 g/mol. The fourth-order valence-corrected chi connectivity index (χ4v) is 3.62. The van der Waals surface area contributed by atoms with Gasteiger partial charge in [-0.3, -0.25) is 0 Å². The summed E-state index contributed by atoms with van der Waals surface area (Å²) in [6, 6.07) is 1.52. The van der Waals surface area contributed by atoms with Crippen molar-refractivity contribution in [3.63, 3.8) is 0 Å². The van der Waals surface area contributed by atoms with Gasteiger partial charge >= 0.3 is 0 Å². The summed E-state index contributed by atoms with van der Waals surface area (Å²) in [4.78, 5) is -0.834. The van der Waals surface area contributed by atoms with Gasteiger partial charge in [0.2, 0.25) is 5.82 Å². The zero-order chi connectivity index (χ0) is 15.2. The van der Waals surface area contributed by atoms with Gasteiger partial charge in [-0.05, 0) is 18.6 Å². The Balaban J connectivity index is 2.63. The normalized spacial score (nSPS) is 12.8. The van der Waals surface area contributed by atoms with Gasteiger partial charge < -0.3 is 0 Å². The van der Waals surface area contributed by atoms with Crippen molar-refractivity contribution in [2.75, 3.05) is 0 Å². The molecule has 0 spiro atoms. The maximum atomic E-state index is 13.7. The van der Waals surface area contributed by atoms with E-state index in [0.717, 1.165) is 11.3 Å². The van der Waals surface area contributed by atoms with Gasteiger partial charge in [0.25, 0.3) is 0 Å². The molecule has 0 amide bonds. The number of hydrogen-bond acceptors (Lipinski definition) is 1. The standard InChI is InChI=1S/C12H5BrClF5S/c1-3-2-4(20-12(3)14)6(13)5-7(15)9(17)11(19)10(18)8(5)16/h2,6H,1H3. The van der Waals surface area contributed by atoms with Crippen LogP contribution in [0.3, 0.4) is 0 Å². The molecule has 1 aromatic heterocycles. The molecule has 0 aliphatic rings. The molecule has 0 saturated heterocycles. The molecule has 0 N–H and O–H groups in total. The first-order valence-corrected chi connectivity index (χ1v) is 7.28. The van der Waals surface area contributed by atoms with Gasteiger partial charge in [0.1, 0.15) is 0 Å². The number of alkyl halides is 1. The lowest BCUT2D eigenvalue weighted by molar-refractivity contribution is 0.371. The Bertz CT molecular complexity index is 636. The third-order valence-corrected chi connectivity index (χ3v) is 5.50. The van der Waals surface area contributed by atoms with E-state index in [1.54, 1.807) is 6.92 Å². The van der Waals surface area contributed by atoms with E-state index in [2.05, 4.69) is 15.9 Å². The first-order chi connectivity index (χ1) is 9.25. The van der Waals surface area contributed by atoms with E-state index in [0.29, 0.717) is 14.8 Å². The molecule has 2 aromatic rings. The number of hydrogen-bond donors (Lipinski definition) is 0. The molecule has 20 heavy (non-hydrogen) atoms. The Morgan fingerprint density at radius 1 is 1.00 bits per heavy atom. The number of halogens is 7. The van der Waals surface area contributed by atoms with Crippen molar-refractivity contribution in [1.82, 2.24) is 0 Å². The molecule has 1 aromatic carbocycles. The molecule has 1 atom stereocenters. The molecule has 0 radical (unpaired) electrons. The quantitative estimate of drug-likeness (QED) is 0.259. The first-order valence-electron chi connectivity index (χ1n) is 5.17. The summed E-state index contributed by atoms with van der Waals surface area (Å²) in [5.74, 6) is -9.83. The van der Waals surface area contributed by atoms with Crippen LogP contribution in [0.1, 0.15) is 20.8 Å². The minimum atomic E-state index is -2.18. The van der Waals surface area contributed by atoms with Crippen molar-refractivity contribution in [3.8, 4) is 0 Å². The summed E-state index contributed by atoms with van der Waals surface area (Å²) in [7, 11) is 0. The van der Waals surface area contributed by atoms with Gasteiger partial charge in [-0.25, -0.2) is 22.0 Å². The van der Waals surface area contributed by atoms with E-state index < -0.39 is 39.5 Å². The number of rotatable bonds is 2. The fourth-order valence-electron chi connectivity index (χ4n) is 1.60. The third-order valence-electron chi connectivity index (χ3n) is 2.62. The van der Waals surface area contributed by atoms with Crippen molar-refractivity contribution in [1.29, 1.82) is 0 Å². The molecule has 0 fully saturated rings. The molecule has 8 heteroatoms. The summed E-state index contributed by atoms with van der Waals surface area (Å²) >= 11 is 9.78. The van der Waals surface area contributed by atoms with Crippen LogP contribution in [-0.4, -0.2) is 0 Å². The predicted molar refractivity (Wildman–Crippen MR) is 71.1 cm³/mol. The summed E-state index contributed by atoms with van der Waals surface area (Å²) < 4.78 is 67.0. The average molecular weight is 392 g/mol. The van der Waals surface area contributed by atoms with Crippen LogP contribution in [0.25, 0.3) is 0 Å². The molecule has 0 bridgehead atoms. The van der Waals surface area contributed by atoms with E-state index in [1.165, 1.54) is 6.07 Å². The molecule has 2 rings (SSSR count). The highest BCUT2D eigenvalue weighted by atomic mass is 79.9. The lowest BCUT2D eigenvalue weighted by atomic mass is 10.1. The van der Waals surface area contributed by atoms with Gasteiger partial charge in [-0.15, -0.1) is 11.3 Å². The molecule has 108 valence electrons. The van der Waals surface area contributed by atoms with Crippen LogP contribution in [0.4, 0.5) is 22.0 Å². The van der Waals surface area contributed by atoms with Crippen molar-refractivity contribution in [2.45, 2.75) is 11.8 Å². The molecule has 0 aliphatic carbocycles. The smallest absolute Gasteiger partial charge is 0.200 e. The van der Waals surface area contributed by atoms with Gasteiger partial charge in [-0.2, -0.15) is 0 Å². The minimum Gasteiger partial charge on any atom is -0.203 e. The van der Waals surface area contributed by atoms with Crippen LogP contribution in [0.5, 0.6) is 0 Å². The predicted octanol–water partition coefficient (Wildman–Crippen LogP) is 5.89. The van der Waals surface area contributed by atoms with E-state index >= 15 is 0 Å². The summed E-state index contributed by atoms with van der Waals surface area (Å²) in [6.07, 6.45) is 0. The summed E-state index contributed by atoms with van der Waals surface area (Å²) in [5, 5.41) is 0. The second kappa shape index (κ2) is 5.61. The highest BCUT2D eigenvalue weighted by Crippen LogP contribution is 2.42. The highest BCUT2D eigenvalue weighted by molar-refractivity contribution is 9.09. The topological polar surface area (TPSA) is 0 Å². The average Bonchev–Trinajstić information content (AvgIpc) is 2.74. The maximum Gasteiger partial charge on any atom is 0.200 e. The van der Waals surface area contributed by atoms with E-state index in [1.807, 2.05) is 0 Å². The van der Waals surface area contributed by atoms with Crippen LogP contribution in [0, 0.1) is 36.0 Å². The van der Waals surface area contributed by atoms with Gasteiger partial charge in [0, 0.05) is 10.4 Å². The Labute approximate surface area is 128 Å². The summed E-state index contributed by atoms with van der Waals surface area (Å²) in [5.41, 5.74) is -0.278. The van der Waals surface area contributed by atoms with Crippen LogP contribution >= 0.6 is 38.9 Å². The molecule has 1 unspecified atom stereocenters. The zero-order valence-electron chi connectivity index (χ0n) is 9.71. The molecule has 0 aliphatic heterocycles. The second-order valence-corrected chi connectivity index (χ2v) is 6.55. The monoisotopic (exact) mass is 390 g/mol. The van der Waals surface area contributed by atoms with Gasteiger partial charge in [0.05, 0.1) is 9.16 Å². The van der Waals surface area contributed by atoms with Crippen molar-refractivity contribution >= 4 is 38.9 Å². The Hall–Kier alpha value is -0.660. The zero-order valence-corrected chi connectivity index (χ0v) is 12.9. The highest BCUT2D eigenvalue weighted by Gasteiger charge is 2.30. The number of benzene rings is 1. The Kier molecular flexibility index (Phi) is 4.41. The molecular formula is C12H5BrClF5S. The number of aryl methyl sites for hydroxylation is 1. The molecule has 0 saturated carbocycles. The van der Waals surface area contributed by atoms with E-state index in [4.69, 9.17) is 11.6 Å². The molecule has 1 heterocycles. The largest absolute Gasteiger partial charge is 0.203 e. The van der Waals surface area contributed by atoms with Crippen molar-refractivity contribution in [2.24, 2.45) is 0 Å². The molecule has 0 nitrogen and oxygen atoms in total. The SMILES string of the molecule is Cc1cc(C(Br)c2c(F)c(F)c(F)c(F)c2F)sc1Cl. The van der Waals surface area contributed by atoms with E-state index in [9.17, 15) is 22.0 Å². The van der Waals surface area contributed by atoms with Crippen LogP contribution in [0.2, 0.25) is 4.34 Å². The third kappa shape index (κ3) is 2.46.